The highest BCUT2D eigenvalue weighted by Gasteiger charge is 2.21. The molecule has 5 nitrogen and oxygen atoms in total. The predicted molar refractivity (Wildman–Crippen MR) is 102 cm³/mol. The van der Waals surface area contributed by atoms with E-state index in [2.05, 4.69) is 26.2 Å². The Bertz CT molecular complexity index is 782. The number of benzene rings is 1. The minimum atomic E-state index is -0.811. The van der Waals surface area contributed by atoms with Crippen molar-refractivity contribution in [2.45, 2.75) is 18.9 Å². The van der Waals surface area contributed by atoms with Crippen molar-refractivity contribution in [1.29, 1.82) is 0 Å². The number of pyridine rings is 1. The van der Waals surface area contributed by atoms with Gasteiger partial charge in [-0.25, -0.2) is 13.8 Å². The lowest BCUT2D eigenvalue weighted by Crippen LogP contribution is -2.42. The third-order valence-corrected chi connectivity index (χ3v) is 5.16. The van der Waals surface area contributed by atoms with Crippen LogP contribution in [0.5, 0.6) is 0 Å². The second-order valence-electron chi connectivity index (χ2n) is 7.03. The Kier molecular flexibility index (Phi) is 5.38. The van der Waals surface area contributed by atoms with Gasteiger partial charge in [0.25, 0.3) is 0 Å². The summed E-state index contributed by atoms with van der Waals surface area (Å²) in [4.78, 5) is 8.84. The van der Waals surface area contributed by atoms with Crippen molar-refractivity contribution in [3.63, 3.8) is 0 Å². The molecular formula is C20H24F2N4O. The molecule has 2 fully saturated rings. The number of piperidine rings is 1. The molecule has 0 spiro atoms. The Hall–Kier alpha value is -2.41. The van der Waals surface area contributed by atoms with E-state index in [9.17, 15) is 8.78 Å². The van der Waals surface area contributed by atoms with Crippen LogP contribution >= 0.6 is 0 Å². The Morgan fingerprint density at radius 3 is 2.59 bits per heavy atom. The maximum Gasteiger partial charge on any atom is 0.160 e. The Balaban J connectivity index is 1.42. The first kappa shape index (κ1) is 18.0. The summed E-state index contributed by atoms with van der Waals surface area (Å²) in [6.45, 7) is 4.83. The Labute approximate surface area is 157 Å². The van der Waals surface area contributed by atoms with Crippen molar-refractivity contribution in [3.8, 4) is 0 Å². The number of nitrogens with zero attached hydrogens (tertiary/aromatic N) is 3. The van der Waals surface area contributed by atoms with E-state index in [1.807, 2.05) is 12.3 Å². The number of anilines is 3. The molecule has 2 saturated heterocycles. The van der Waals surface area contributed by atoms with Crippen LogP contribution in [-0.2, 0) is 4.74 Å². The standard InChI is InChI=1S/C20H24F2N4O/c21-18-4-3-16(12-19(18)22)26-7-1-2-15(14-26)24-20-13-17(5-6-23-20)25-8-10-27-11-9-25/h3-6,12-13,15H,1-2,7-11,14H2,(H,23,24)/t15-/m1/s1. The molecule has 0 amide bonds. The molecule has 1 aromatic carbocycles. The van der Waals surface area contributed by atoms with Gasteiger partial charge in [0.2, 0.25) is 0 Å². The molecule has 27 heavy (non-hydrogen) atoms. The van der Waals surface area contributed by atoms with Crippen molar-refractivity contribution < 1.29 is 13.5 Å². The summed E-state index contributed by atoms with van der Waals surface area (Å²) >= 11 is 0. The molecule has 4 rings (SSSR count). The summed E-state index contributed by atoms with van der Waals surface area (Å²) in [6.07, 6.45) is 3.83. The highest BCUT2D eigenvalue weighted by atomic mass is 19.2. The van der Waals surface area contributed by atoms with Crippen LogP contribution in [0.15, 0.2) is 36.5 Å². The fourth-order valence-electron chi connectivity index (χ4n) is 3.74. The van der Waals surface area contributed by atoms with Gasteiger partial charge in [-0.2, -0.15) is 0 Å². The van der Waals surface area contributed by atoms with Crippen LogP contribution in [0, 0.1) is 11.6 Å². The molecular weight excluding hydrogens is 350 g/mol. The minimum absolute atomic E-state index is 0.208. The van der Waals surface area contributed by atoms with Gasteiger partial charge in [-0.05, 0) is 31.0 Å². The molecule has 0 unspecified atom stereocenters. The molecule has 2 aromatic rings. The van der Waals surface area contributed by atoms with Crippen molar-refractivity contribution in [3.05, 3.63) is 48.2 Å². The van der Waals surface area contributed by atoms with E-state index in [1.165, 1.54) is 12.1 Å². The Morgan fingerprint density at radius 2 is 1.78 bits per heavy atom. The van der Waals surface area contributed by atoms with Gasteiger partial charge in [0, 0.05) is 61.9 Å². The summed E-state index contributed by atoms with van der Waals surface area (Å²) in [7, 11) is 0. The molecule has 1 atom stereocenters. The van der Waals surface area contributed by atoms with Crippen LogP contribution in [0.25, 0.3) is 0 Å². The molecule has 144 valence electrons. The van der Waals surface area contributed by atoms with Gasteiger partial charge in [-0.3, -0.25) is 0 Å². The highest BCUT2D eigenvalue weighted by Crippen LogP contribution is 2.24. The fraction of sp³-hybridized carbons (Fsp3) is 0.450. The number of aromatic nitrogens is 1. The van der Waals surface area contributed by atoms with E-state index in [1.54, 1.807) is 6.07 Å². The summed E-state index contributed by atoms with van der Waals surface area (Å²) in [5.74, 6) is -0.770. The third-order valence-electron chi connectivity index (χ3n) is 5.16. The van der Waals surface area contributed by atoms with Crippen LogP contribution < -0.4 is 15.1 Å². The SMILES string of the molecule is Fc1ccc(N2CCC[C@@H](Nc3cc(N4CCOCC4)ccn3)C2)cc1F. The van der Waals surface area contributed by atoms with Crippen LogP contribution in [0.4, 0.5) is 26.0 Å². The number of hydrogen-bond acceptors (Lipinski definition) is 5. The van der Waals surface area contributed by atoms with Crippen molar-refractivity contribution in [1.82, 2.24) is 4.98 Å². The van der Waals surface area contributed by atoms with Crippen LogP contribution in [0.1, 0.15) is 12.8 Å². The highest BCUT2D eigenvalue weighted by molar-refractivity contribution is 5.55. The number of halogens is 2. The first-order chi connectivity index (χ1) is 13.2. The maximum absolute atomic E-state index is 13.6. The second kappa shape index (κ2) is 8.08. The monoisotopic (exact) mass is 374 g/mol. The fourth-order valence-corrected chi connectivity index (χ4v) is 3.74. The predicted octanol–water partition coefficient (Wildman–Crippen LogP) is 3.28. The number of nitrogens with one attached hydrogen (secondary N) is 1. The smallest absolute Gasteiger partial charge is 0.160 e. The number of ether oxygens (including phenoxy) is 1. The molecule has 1 N–H and O–H groups in total. The number of hydrogen-bond donors (Lipinski definition) is 1. The van der Waals surface area contributed by atoms with Crippen LogP contribution in [0.2, 0.25) is 0 Å². The van der Waals surface area contributed by atoms with Gasteiger partial charge >= 0.3 is 0 Å². The molecule has 0 bridgehead atoms. The van der Waals surface area contributed by atoms with E-state index >= 15 is 0 Å². The number of morpholine rings is 1. The average molecular weight is 374 g/mol. The summed E-state index contributed by atoms with van der Waals surface area (Å²) in [5, 5.41) is 3.51. The number of rotatable bonds is 4. The van der Waals surface area contributed by atoms with Crippen molar-refractivity contribution in [2.75, 3.05) is 54.5 Å². The maximum atomic E-state index is 13.6. The lowest BCUT2D eigenvalue weighted by molar-refractivity contribution is 0.122. The van der Waals surface area contributed by atoms with Crippen molar-refractivity contribution >= 4 is 17.2 Å². The lowest BCUT2D eigenvalue weighted by atomic mass is 10.0. The summed E-state index contributed by atoms with van der Waals surface area (Å²) in [5.41, 5.74) is 1.86. The van der Waals surface area contributed by atoms with Gasteiger partial charge in [0.05, 0.1) is 13.2 Å². The van der Waals surface area contributed by atoms with Crippen LogP contribution in [0.3, 0.4) is 0 Å². The van der Waals surface area contributed by atoms with E-state index in [0.717, 1.165) is 69.4 Å². The molecule has 1 aromatic heterocycles. The molecule has 2 aliphatic rings. The first-order valence-corrected chi connectivity index (χ1v) is 9.44. The van der Waals surface area contributed by atoms with Crippen molar-refractivity contribution in [2.24, 2.45) is 0 Å². The van der Waals surface area contributed by atoms with E-state index in [0.29, 0.717) is 0 Å². The summed E-state index contributed by atoms with van der Waals surface area (Å²) in [6, 6.07) is 8.40. The molecule has 7 heteroatoms. The van der Waals surface area contributed by atoms with Gasteiger partial charge in [0.1, 0.15) is 5.82 Å². The summed E-state index contributed by atoms with van der Waals surface area (Å²) < 4.78 is 32.2. The van der Waals surface area contributed by atoms with E-state index < -0.39 is 11.6 Å². The van der Waals surface area contributed by atoms with Gasteiger partial charge in [-0.15, -0.1) is 0 Å². The molecule has 2 aliphatic heterocycles. The average Bonchev–Trinajstić information content (AvgIpc) is 2.71. The normalized spacial score (nSPS) is 20.6. The zero-order valence-electron chi connectivity index (χ0n) is 15.2. The third kappa shape index (κ3) is 4.30. The zero-order chi connectivity index (χ0) is 18.6. The quantitative estimate of drug-likeness (QED) is 0.890. The molecule has 0 radical (unpaired) electrons. The lowest BCUT2D eigenvalue weighted by Gasteiger charge is -2.35. The van der Waals surface area contributed by atoms with Gasteiger partial charge in [0.15, 0.2) is 11.6 Å². The Morgan fingerprint density at radius 1 is 0.963 bits per heavy atom. The van der Waals surface area contributed by atoms with E-state index in [4.69, 9.17) is 4.74 Å². The van der Waals surface area contributed by atoms with Gasteiger partial charge < -0.3 is 19.9 Å². The minimum Gasteiger partial charge on any atom is -0.378 e. The first-order valence-electron chi connectivity index (χ1n) is 9.44. The largest absolute Gasteiger partial charge is 0.378 e. The van der Waals surface area contributed by atoms with E-state index in [-0.39, 0.29) is 6.04 Å². The molecule has 0 saturated carbocycles. The molecule has 3 heterocycles. The van der Waals surface area contributed by atoms with Crippen LogP contribution in [-0.4, -0.2) is 50.4 Å². The molecule has 0 aliphatic carbocycles. The topological polar surface area (TPSA) is 40.6 Å². The zero-order valence-corrected chi connectivity index (χ0v) is 15.2. The second-order valence-corrected chi connectivity index (χ2v) is 7.03. The van der Waals surface area contributed by atoms with Gasteiger partial charge in [-0.1, -0.05) is 0 Å².